The van der Waals surface area contributed by atoms with Gasteiger partial charge < -0.3 is 9.88 Å². The first kappa shape index (κ1) is 22.1. The molecule has 0 bridgehead atoms. The second-order valence-electron chi connectivity index (χ2n) is 8.09. The largest absolute Gasteiger partial charge is 0.340 e. The lowest BCUT2D eigenvalue weighted by molar-refractivity contribution is 0.0847. The topological polar surface area (TPSA) is 89.8 Å². The van der Waals surface area contributed by atoms with Gasteiger partial charge in [0.2, 0.25) is 0 Å². The summed E-state index contributed by atoms with van der Waals surface area (Å²) >= 11 is 0. The molecule has 2 heterocycles. The maximum atomic E-state index is 13.1. The highest BCUT2D eigenvalue weighted by Crippen LogP contribution is 2.21. The first-order valence-corrected chi connectivity index (χ1v) is 10.8. The van der Waals surface area contributed by atoms with E-state index >= 15 is 0 Å². The number of carbonyl (C=O) groups excluding carboxylic acids is 2. The van der Waals surface area contributed by atoms with Crippen molar-refractivity contribution in [3.8, 4) is 11.4 Å². The van der Waals surface area contributed by atoms with Crippen LogP contribution >= 0.6 is 0 Å². The van der Waals surface area contributed by atoms with Crippen molar-refractivity contribution in [2.75, 3.05) is 0 Å². The molecule has 4 aromatic rings. The van der Waals surface area contributed by atoms with Gasteiger partial charge in [-0.1, -0.05) is 62.4 Å². The maximum Gasteiger partial charge on any atom is 0.255 e. The van der Waals surface area contributed by atoms with E-state index in [1.807, 2.05) is 18.2 Å². The molecule has 2 aromatic heterocycles. The third-order valence-corrected chi connectivity index (χ3v) is 5.36. The minimum atomic E-state index is -0.767. The third kappa shape index (κ3) is 5.38. The number of nitrogens with one attached hydrogen (secondary N) is 1. The van der Waals surface area contributed by atoms with E-state index in [4.69, 9.17) is 0 Å². The smallest absolute Gasteiger partial charge is 0.255 e. The number of benzene rings is 2. The number of rotatable bonds is 8. The second-order valence-corrected chi connectivity index (χ2v) is 8.09. The Kier molecular flexibility index (Phi) is 6.69. The Morgan fingerprint density at radius 2 is 1.73 bits per heavy atom. The summed E-state index contributed by atoms with van der Waals surface area (Å²) < 4.78 is 1.76. The van der Waals surface area contributed by atoms with E-state index in [9.17, 15) is 9.59 Å². The number of hydrogen-bond acceptors (Lipinski definition) is 5. The van der Waals surface area contributed by atoms with E-state index in [1.165, 1.54) is 18.0 Å². The number of imidazole rings is 1. The van der Waals surface area contributed by atoms with Gasteiger partial charge in [0.05, 0.1) is 18.4 Å². The number of nitrogens with zero attached hydrogens (tertiary/aromatic N) is 4. The predicted molar refractivity (Wildman–Crippen MR) is 126 cm³/mol. The van der Waals surface area contributed by atoms with Crippen LogP contribution in [0.4, 0.5) is 0 Å². The van der Waals surface area contributed by atoms with E-state index in [0.717, 1.165) is 5.56 Å². The number of hydrogen-bond donors (Lipinski definition) is 1. The number of carbonyl (C=O) groups is 2. The second kappa shape index (κ2) is 9.99. The fourth-order valence-electron chi connectivity index (χ4n) is 3.48. The van der Waals surface area contributed by atoms with Crippen molar-refractivity contribution >= 4 is 11.7 Å². The molecule has 0 saturated heterocycles. The molecule has 0 spiro atoms. The van der Waals surface area contributed by atoms with Gasteiger partial charge in [-0.2, -0.15) is 0 Å². The van der Waals surface area contributed by atoms with Gasteiger partial charge in [-0.3, -0.25) is 9.59 Å². The number of amides is 1. The van der Waals surface area contributed by atoms with Crippen LogP contribution in [0.5, 0.6) is 0 Å². The Balaban J connectivity index is 1.53. The fourth-order valence-corrected chi connectivity index (χ4v) is 3.48. The molecule has 0 aliphatic carbocycles. The number of aromatic nitrogens is 4. The van der Waals surface area contributed by atoms with Crippen LogP contribution in [-0.4, -0.2) is 37.3 Å². The summed E-state index contributed by atoms with van der Waals surface area (Å²) in [5, 5.41) is 2.84. The highest BCUT2D eigenvalue weighted by molar-refractivity contribution is 6.04. The van der Waals surface area contributed by atoms with Gasteiger partial charge in [0.1, 0.15) is 6.04 Å². The first-order chi connectivity index (χ1) is 16.0. The van der Waals surface area contributed by atoms with Crippen LogP contribution in [0.25, 0.3) is 11.4 Å². The van der Waals surface area contributed by atoms with E-state index in [0.29, 0.717) is 17.3 Å². The molecule has 1 unspecified atom stereocenters. The van der Waals surface area contributed by atoms with Crippen molar-refractivity contribution in [3.63, 3.8) is 0 Å². The Morgan fingerprint density at radius 3 is 2.39 bits per heavy atom. The fraction of sp³-hybridized carbons (Fsp3) is 0.192. The molecule has 0 aliphatic rings. The molecule has 1 N–H and O–H groups in total. The standard InChI is InChI=1S/C26H25N5O2/c1-18(2)20-9-6-10-21(13-20)25-28-14-22(15-29-25)26(33)30-23(16-31-12-11-27-17-31)24(32)19-7-4-3-5-8-19/h3-15,17-18,23H,16H2,1-2H3,(H,30,33). The van der Waals surface area contributed by atoms with Crippen molar-refractivity contribution in [1.82, 2.24) is 24.8 Å². The molecule has 33 heavy (non-hydrogen) atoms. The van der Waals surface area contributed by atoms with Gasteiger partial charge >= 0.3 is 0 Å². The number of Topliss-reactive ketones (excluding diaryl/α,β-unsaturated/α-hetero) is 1. The molecule has 1 amide bonds. The van der Waals surface area contributed by atoms with Gasteiger partial charge in [-0.25, -0.2) is 15.0 Å². The molecule has 4 rings (SSSR count). The zero-order valence-corrected chi connectivity index (χ0v) is 18.6. The van der Waals surface area contributed by atoms with E-state index in [-0.39, 0.29) is 17.9 Å². The molecule has 0 fully saturated rings. The van der Waals surface area contributed by atoms with Crippen molar-refractivity contribution in [2.24, 2.45) is 0 Å². The third-order valence-electron chi connectivity index (χ3n) is 5.36. The van der Waals surface area contributed by atoms with Crippen LogP contribution in [0.3, 0.4) is 0 Å². The van der Waals surface area contributed by atoms with Crippen molar-refractivity contribution in [3.05, 3.63) is 102 Å². The van der Waals surface area contributed by atoms with E-state index in [2.05, 4.69) is 46.2 Å². The van der Waals surface area contributed by atoms with Crippen LogP contribution in [0, 0.1) is 0 Å². The van der Waals surface area contributed by atoms with Crippen molar-refractivity contribution in [1.29, 1.82) is 0 Å². The zero-order valence-electron chi connectivity index (χ0n) is 18.6. The summed E-state index contributed by atoms with van der Waals surface area (Å²) in [4.78, 5) is 38.8. The number of ketones is 1. The van der Waals surface area contributed by atoms with Crippen LogP contribution in [0.1, 0.15) is 46.0 Å². The Hall–Kier alpha value is -4.13. The predicted octanol–water partition coefficient (Wildman–Crippen LogP) is 4.15. The maximum absolute atomic E-state index is 13.1. The lowest BCUT2D eigenvalue weighted by Crippen LogP contribution is -2.43. The molecule has 7 nitrogen and oxygen atoms in total. The van der Waals surface area contributed by atoms with E-state index < -0.39 is 11.9 Å². The van der Waals surface area contributed by atoms with Gasteiger partial charge in [0, 0.05) is 35.9 Å². The van der Waals surface area contributed by atoms with Crippen LogP contribution < -0.4 is 5.32 Å². The quantitative estimate of drug-likeness (QED) is 0.417. The van der Waals surface area contributed by atoms with Crippen LogP contribution in [0.15, 0.2) is 85.7 Å². The molecule has 1 atom stereocenters. The van der Waals surface area contributed by atoms with Crippen molar-refractivity contribution in [2.45, 2.75) is 32.4 Å². The van der Waals surface area contributed by atoms with Gasteiger partial charge in [-0.15, -0.1) is 0 Å². The minimum Gasteiger partial charge on any atom is -0.340 e. The molecule has 0 aliphatic heterocycles. The molecule has 7 heteroatoms. The van der Waals surface area contributed by atoms with Gasteiger partial charge in [0.15, 0.2) is 11.6 Å². The first-order valence-electron chi connectivity index (χ1n) is 10.8. The minimum absolute atomic E-state index is 0.180. The summed E-state index contributed by atoms with van der Waals surface area (Å²) in [7, 11) is 0. The monoisotopic (exact) mass is 439 g/mol. The van der Waals surface area contributed by atoms with Crippen LogP contribution in [-0.2, 0) is 6.54 Å². The Bertz CT molecular complexity index is 1220. The molecule has 2 aromatic carbocycles. The molecule has 0 radical (unpaired) electrons. The van der Waals surface area contributed by atoms with Crippen LogP contribution in [0.2, 0.25) is 0 Å². The zero-order chi connectivity index (χ0) is 23.2. The highest BCUT2D eigenvalue weighted by atomic mass is 16.2. The van der Waals surface area contributed by atoms with Gasteiger partial charge in [-0.05, 0) is 17.5 Å². The Morgan fingerprint density at radius 1 is 0.970 bits per heavy atom. The summed E-state index contributed by atoms with van der Waals surface area (Å²) in [6.45, 7) is 4.52. The summed E-state index contributed by atoms with van der Waals surface area (Å²) in [6, 6.07) is 16.2. The lowest BCUT2D eigenvalue weighted by atomic mass is 10.0. The molecular formula is C26H25N5O2. The lowest BCUT2D eigenvalue weighted by Gasteiger charge is -2.18. The molecule has 0 saturated carbocycles. The summed E-state index contributed by atoms with van der Waals surface area (Å²) in [5.74, 6) is 0.349. The molecular weight excluding hydrogens is 414 g/mol. The average Bonchev–Trinajstić information content (AvgIpc) is 3.37. The summed E-state index contributed by atoms with van der Waals surface area (Å²) in [5.41, 5.74) is 2.90. The summed E-state index contributed by atoms with van der Waals surface area (Å²) in [6.07, 6.45) is 7.97. The van der Waals surface area contributed by atoms with E-state index in [1.54, 1.807) is 47.6 Å². The SMILES string of the molecule is CC(C)c1cccc(-c2ncc(C(=O)NC(Cn3ccnc3)C(=O)c3ccccc3)cn2)c1. The highest BCUT2D eigenvalue weighted by Gasteiger charge is 2.23. The van der Waals surface area contributed by atoms with Crippen molar-refractivity contribution < 1.29 is 9.59 Å². The normalized spacial score (nSPS) is 11.8. The van der Waals surface area contributed by atoms with Gasteiger partial charge in [0.25, 0.3) is 5.91 Å². The average molecular weight is 440 g/mol. The Labute approximate surface area is 192 Å². The molecule has 166 valence electrons.